The van der Waals surface area contributed by atoms with Crippen LogP contribution in [0.15, 0.2) is 84.0 Å². The van der Waals surface area contributed by atoms with E-state index in [4.69, 9.17) is 0 Å². The quantitative estimate of drug-likeness (QED) is 0.501. The fraction of sp³-hybridized carbons (Fsp3) is 0.310. The highest BCUT2D eigenvalue weighted by molar-refractivity contribution is 6.25. The van der Waals surface area contributed by atoms with E-state index in [9.17, 15) is 19.2 Å². The highest BCUT2D eigenvalue weighted by Gasteiger charge is 2.64. The molecule has 2 aromatic rings. The van der Waals surface area contributed by atoms with Crippen LogP contribution in [-0.4, -0.2) is 23.6 Å². The van der Waals surface area contributed by atoms with Crippen molar-refractivity contribution < 1.29 is 19.2 Å². The van der Waals surface area contributed by atoms with E-state index in [1.165, 1.54) is 9.80 Å². The summed E-state index contributed by atoms with van der Waals surface area (Å²) in [5.41, 5.74) is 3.15. The Labute approximate surface area is 202 Å². The standard InChI is InChI=1S/C29H24N2O4/c1-15-12-16-13-17-14-20(24-23(17)27(33)31(28(24)34)19-10-6-3-7-11-19)22(16)25-21(15)26(32)30(29(25)35)18-8-4-2-5-9-18/h2-12,14-15,17,21-25H,13H2,1H3. The van der Waals surface area contributed by atoms with Crippen LogP contribution in [0.25, 0.3) is 0 Å². The molecule has 7 rings (SSSR count). The monoisotopic (exact) mass is 464 g/mol. The zero-order chi connectivity index (χ0) is 24.0. The lowest BCUT2D eigenvalue weighted by atomic mass is 9.63. The van der Waals surface area contributed by atoms with Crippen molar-refractivity contribution in [1.82, 2.24) is 0 Å². The molecule has 0 saturated carbocycles. The summed E-state index contributed by atoms with van der Waals surface area (Å²) in [5.74, 6) is -3.20. The first-order valence-corrected chi connectivity index (χ1v) is 12.3. The summed E-state index contributed by atoms with van der Waals surface area (Å²) in [6, 6.07) is 18.1. The molecular weight excluding hydrogens is 440 g/mol. The lowest BCUT2D eigenvalue weighted by molar-refractivity contribution is -0.124. The predicted octanol–water partition coefficient (Wildman–Crippen LogP) is 3.75. The molecule has 7 unspecified atom stereocenters. The van der Waals surface area contributed by atoms with Gasteiger partial charge in [0.15, 0.2) is 0 Å². The average molecular weight is 465 g/mol. The van der Waals surface area contributed by atoms with Gasteiger partial charge in [-0.25, -0.2) is 4.90 Å². The van der Waals surface area contributed by atoms with Gasteiger partial charge in [-0.1, -0.05) is 66.6 Å². The number of nitrogens with zero attached hydrogens (tertiary/aromatic N) is 2. The Balaban J connectivity index is 1.30. The lowest BCUT2D eigenvalue weighted by Crippen LogP contribution is -2.40. The van der Waals surface area contributed by atoms with Crippen LogP contribution in [0.2, 0.25) is 0 Å². The Hall–Kier alpha value is -3.80. The molecule has 6 heteroatoms. The van der Waals surface area contributed by atoms with Crippen LogP contribution in [0, 0.1) is 41.4 Å². The normalized spacial score (nSPS) is 35.1. The van der Waals surface area contributed by atoms with Crippen molar-refractivity contribution in [1.29, 1.82) is 0 Å². The van der Waals surface area contributed by atoms with Crippen LogP contribution in [0.3, 0.4) is 0 Å². The molecule has 35 heavy (non-hydrogen) atoms. The number of anilines is 2. The third-order valence-electron chi connectivity index (χ3n) is 8.64. The van der Waals surface area contributed by atoms with Gasteiger partial charge in [0, 0.05) is 5.92 Å². The fourth-order valence-corrected chi connectivity index (χ4v) is 7.35. The Bertz CT molecular complexity index is 1360. The molecule has 0 aromatic heterocycles. The first kappa shape index (κ1) is 20.6. The number of para-hydroxylation sites is 2. The van der Waals surface area contributed by atoms with Crippen molar-refractivity contribution in [2.45, 2.75) is 13.3 Å². The number of rotatable bonds is 2. The summed E-state index contributed by atoms with van der Waals surface area (Å²) in [4.78, 5) is 57.2. The molecule has 0 radical (unpaired) electrons. The molecule has 3 aliphatic carbocycles. The molecule has 7 atom stereocenters. The number of hydrogen-bond donors (Lipinski definition) is 0. The van der Waals surface area contributed by atoms with Gasteiger partial charge in [0.1, 0.15) is 0 Å². The summed E-state index contributed by atoms with van der Waals surface area (Å²) in [6.07, 6.45) is 4.86. The van der Waals surface area contributed by atoms with Crippen LogP contribution in [0.5, 0.6) is 0 Å². The minimum Gasteiger partial charge on any atom is -0.274 e. The number of allylic oxidation sites excluding steroid dienone is 3. The molecule has 5 aliphatic rings. The second-order valence-corrected chi connectivity index (χ2v) is 10.4. The van der Waals surface area contributed by atoms with Crippen molar-refractivity contribution in [3.8, 4) is 0 Å². The molecule has 2 fully saturated rings. The van der Waals surface area contributed by atoms with Gasteiger partial charge in [0.2, 0.25) is 23.6 Å². The fourth-order valence-electron chi connectivity index (χ4n) is 7.35. The summed E-state index contributed by atoms with van der Waals surface area (Å²) < 4.78 is 0. The van der Waals surface area contributed by atoms with E-state index in [1.54, 1.807) is 24.3 Å². The van der Waals surface area contributed by atoms with E-state index < -0.39 is 23.7 Å². The molecule has 2 heterocycles. The highest BCUT2D eigenvalue weighted by atomic mass is 16.2. The third kappa shape index (κ3) is 2.60. The van der Waals surface area contributed by atoms with Gasteiger partial charge in [-0.3, -0.25) is 24.1 Å². The molecule has 2 aromatic carbocycles. The van der Waals surface area contributed by atoms with E-state index in [2.05, 4.69) is 12.2 Å². The molecule has 6 nitrogen and oxygen atoms in total. The van der Waals surface area contributed by atoms with Gasteiger partial charge in [-0.15, -0.1) is 0 Å². The number of carbonyl (C=O) groups is 4. The Morgan fingerprint density at radius 1 is 0.629 bits per heavy atom. The molecule has 0 spiro atoms. The third-order valence-corrected chi connectivity index (χ3v) is 8.64. The SMILES string of the molecule is CC1C=C2CC3C=C(C4C(=O)N(c5ccccc5)C(=O)C34)C2C2C(=O)N(c3ccccc3)C(=O)C12. The van der Waals surface area contributed by atoms with Crippen LogP contribution < -0.4 is 9.80 Å². The van der Waals surface area contributed by atoms with E-state index in [0.717, 1.165) is 11.1 Å². The summed E-state index contributed by atoms with van der Waals surface area (Å²) in [5, 5.41) is 0. The zero-order valence-corrected chi connectivity index (χ0v) is 19.2. The summed E-state index contributed by atoms with van der Waals surface area (Å²) in [6.45, 7) is 2.00. The van der Waals surface area contributed by atoms with Crippen molar-refractivity contribution >= 4 is 35.0 Å². The van der Waals surface area contributed by atoms with Crippen LogP contribution >= 0.6 is 0 Å². The molecule has 4 amide bonds. The molecule has 174 valence electrons. The van der Waals surface area contributed by atoms with E-state index in [1.807, 2.05) is 43.3 Å². The zero-order valence-electron chi connectivity index (χ0n) is 19.2. The molecule has 2 aliphatic heterocycles. The average Bonchev–Trinajstić information content (AvgIpc) is 3.41. The molecule has 2 saturated heterocycles. The summed E-state index contributed by atoms with van der Waals surface area (Å²) in [7, 11) is 0. The topological polar surface area (TPSA) is 74.8 Å². The smallest absolute Gasteiger partial charge is 0.241 e. The van der Waals surface area contributed by atoms with Gasteiger partial charge in [-0.05, 0) is 42.5 Å². The highest BCUT2D eigenvalue weighted by Crippen LogP contribution is 2.60. The minimum absolute atomic E-state index is 0.0520. The number of fused-ring (bicyclic) bond motifs is 8. The number of carbonyl (C=O) groups excluding carboxylic acids is 4. The minimum atomic E-state index is -0.564. The first-order chi connectivity index (χ1) is 17.0. The number of hydrogen-bond acceptors (Lipinski definition) is 4. The number of amides is 4. The van der Waals surface area contributed by atoms with Crippen LogP contribution in [-0.2, 0) is 19.2 Å². The maximum Gasteiger partial charge on any atom is 0.241 e. The Morgan fingerprint density at radius 3 is 1.80 bits per heavy atom. The van der Waals surface area contributed by atoms with Crippen molar-refractivity contribution in [3.63, 3.8) is 0 Å². The van der Waals surface area contributed by atoms with Gasteiger partial charge < -0.3 is 0 Å². The van der Waals surface area contributed by atoms with Crippen molar-refractivity contribution in [2.24, 2.45) is 41.4 Å². The predicted molar refractivity (Wildman–Crippen MR) is 129 cm³/mol. The molecule has 2 bridgehead atoms. The second-order valence-electron chi connectivity index (χ2n) is 10.4. The molecule has 0 N–H and O–H groups in total. The summed E-state index contributed by atoms with van der Waals surface area (Å²) >= 11 is 0. The van der Waals surface area contributed by atoms with Crippen LogP contribution in [0.1, 0.15) is 13.3 Å². The second kappa shape index (κ2) is 7.11. The maximum atomic E-state index is 13.8. The van der Waals surface area contributed by atoms with Gasteiger partial charge in [0.05, 0.1) is 35.0 Å². The Morgan fingerprint density at radius 2 is 1.17 bits per heavy atom. The number of imide groups is 2. The van der Waals surface area contributed by atoms with Gasteiger partial charge >= 0.3 is 0 Å². The van der Waals surface area contributed by atoms with Gasteiger partial charge in [-0.2, -0.15) is 0 Å². The van der Waals surface area contributed by atoms with Crippen LogP contribution in [0.4, 0.5) is 11.4 Å². The van der Waals surface area contributed by atoms with E-state index in [0.29, 0.717) is 17.8 Å². The maximum absolute atomic E-state index is 13.8. The molecular formula is C29H24N2O4. The Kier molecular flexibility index (Phi) is 4.17. The number of benzene rings is 2. The first-order valence-electron chi connectivity index (χ1n) is 12.3. The van der Waals surface area contributed by atoms with E-state index in [-0.39, 0.29) is 41.4 Å². The lowest BCUT2D eigenvalue weighted by Gasteiger charge is -2.38. The largest absolute Gasteiger partial charge is 0.274 e. The van der Waals surface area contributed by atoms with Gasteiger partial charge in [0.25, 0.3) is 0 Å². The van der Waals surface area contributed by atoms with Crippen molar-refractivity contribution in [3.05, 3.63) is 84.0 Å². The van der Waals surface area contributed by atoms with E-state index >= 15 is 0 Å². The van der Waals surface area contributed by atoms with Crippen molar-refractivity contribution in [2.75, 3.05) is 9.80 Å².